The van der Waals surface area contributed by atoms with Crippen molar-refractivity contribution in [1.82, 2.24) is 24.5 Å². The van der Waals surface area contributed by atoms with Gasteiger partial charge in [-0.05, 0) is 43.7 Å². The van der Waals surface area contributed by atoms with Crippen LogP contribution in [-0.2, 0) is 0 Å². The molecule has 1 saturated heterocycles. The van der Waals surface area contributed by atoms with Gasteiger partial charge in [-0.25, -0.2) is 9.38 Å². The Hall–Kier alpha value is -3.19. The molecule has 1 aliphatic heterocycles. The van der Waals surface area contributed by atoms with Crippen molar-refractivity contribution in [2.24, 2.45) is 0 Å². The second-order valence-electron chi connectivity index (χ2n) is 7.48. The number of hydrogen-bond acceptors (Lipinski definition) is 5. The van der Waals surface area contributed by atoms with Crippen LogP contribution in [0, 0.1) is 6.92 Å². The molecule has 1 aliphatic rings. The average Bonchev–Trinajstić information content (AvgIpc) is 2.99. The molecule has 5 rings (SSSR count). The fourth-order valence-corrected chi connectivity index (χ4v) is 4.18. The van der Waals surface area contributed by atoms with E-state index in [2.05, 4.69) is 15.1 Å². The number of rotatable bonds is 2. The van der Waals surface area contributed by atoms with Gasteiger partial charge in [0.1, 0.15) is 5.82 Å². The topological polar surface area (TPSA) is 66.6 Å². The van der Waals surface area contributed by atoms with Crippen molar-refractivity contribution in [3.63, 3.8) is 0 Å². The summed E-state index contributed by atoms with van der Waals surface area (Å²) >= 11 is 6.21. The first-order valence-corrected chi connectivity index (χ1v) is 10.4. The molecule has 30 heavy (non-hydrogen) atoms. The van der Waals surface area contributed by atoms with E-state index >= 15 is 0 Å². The van der Waals surface area contributed by atoms with E-state index in [1.807, 2.05) is 64.8 Å². The Morgan fingerprint density at radius 2 is 1.83 bits per heavy atom. The summed E-state index contributed by atoms with van der Waals surface area (Å²) in [5.74, 6) is 1.64. The number of halogens is 1. The quantitative estimate of drug-likeness (QED) is 0.495. The number of fused-ring (bicyclic) bond motifs is 3. The molecule has 0 radical (unpaired) electrons. The minimum Gasteiger partial charge on any atom is -0.340 e. The molecule has 0 aliphatic carbocycles. The van der Waals surface area contributed by atoms with Gasteiger partial charge in [0.25, 0.3) is 5.91 Å². The molecule has 2 aromatic carbocycles. The number of benzene rings is 2. The van der Waals surface area contributed by atoms with Crippen molar-refractivity contribution < 1.29 is 4.79 Å². The number of hydrogen-bond donors (Lipinski definition) is 0. The lowest BCUT2D eigenvalue weighted by Crippen LogP contribution is -2.36. The molecule has 4 aromatic rings. The lowest BCUT2D eigenvalue weighted by Gasteiger charge is -2.24. The smallest absolute Gasteiger partial charge is 0.253 e. The fraction of sp³-hybridized carbons (Fsp3) is 0.273. The van der Waals surface area contributed by atoms with Crippen LogP contribution in [0.3, 0.4) is 0 Å². The molecule has 1 fully saturated rings. The Bertz CT molecular complexity index is 1240. The molecule has 0 spiro atoms. The largest absolute Gasteiger partial charge is 0.340 e. The van der Waals surface area contributed by atoms with E-state index in [0.717, 1.165) is 46.9 Å². The van der Waals surface area contributed by atoms with Gasteiger partial charge in [0.2, 0.25) is 5.95 Å². The third kappa shape index (κ3) is 3.25. The summed E-state index contributed by atoms with van der Waals surface area (Å²) in [7, 11) is 0. The first-order valence-electron chi connectivity index (χ1n) is 10.0. The van der Waals surface area contributed by atoms with Crippen LogP contribution in [0.4, 0.5) is 5.95 Å². The Labute approximate surface area is 178 Å². The van der Waals surface area contributed by atoms with Crippen LogP contribution in [0.15, 0.2) is 48.5 Å². The third-order valence-electron chi connectivity index (χ3n) is 5.53. The third-order valence-corrected chi connectivity index (χ3v) is 5.77. The predicted molar refractivity (Wildman–Crippen MR) is 117 cm³/mol. The number of aromatic nitrogens is 4. The number of aryl methyl sites for hydroxylation is 1. The van der Waals surface area contributed by atoms with Crippen LogP contribution in [0.25, 0.3) is 16.6 Å². The molecule has 1 amide bonds. The molecule has 0 atom stereocenters. The van der Waals surface area contributed by atoms with E-state index in [4.69, 9.17) is 16.6 Å². The molecule has 0 N–H and O–H groups in total. The van der Waals surface area contributed by atoms with Crippen LogP contribution >= 0.6 is 11.6 Å². The number of carbonyl (C=O) groups is 1. The van der Waals surface area contributed by atoms with Crippen molar-refractivity contribution in [3.8, 4) is 0 Å². The molecule has 0 bridgehead atoms. The summed E-state index contributed by atoms with van der Waals surface area (Å²) in [5.41, 5.74) is 2.28. The predicted octanol–water partition coefficient (Wildman–Crippen LogP) is 3.59. The molecular formula is C22H21ClN6O. The standard InChI is InChI=1S/C22H21ClN6O/c1-15-25-26-20-18-9-8-17(23)14-19(18)24-22(29(15)20)28-11-5-10-27(12-13-28)21(30)16-6-3-2-4-7-16/h2-4,6-9,14H,5,10-13H2,1H3. The Balaban J connectivity index is 1.49. The first-order chi connectivity index (χ1) is 14.6. The lowest BCUT2D eigenvalue weighted by atomic mass is 10.2. The van der Waals surface area contributed by atoms with Crippen molar-refractivity contribution in [3.05, 3.63) is 64.9 Å². The Kier molecular flexibility index (Phi) is 4.75. The summed E-state index contributed by atoms with van der Waals surface area (Å²) in [5, 5.41) is 10.2. The zero-order valence-corrected chi connectivity index (χ0v) is 17.4. The summed E-state index contributed by atoms with van der Waals surface area (Å²) < 4.78 is 1.99. The van der Waals surface area contributed by atoms with Gasteiger partial charge in [-0.3, -0.25) is 4.79 Å². The summed E-state index contributed by atoms with van der Waals surface area (Å²) in [6.07, 6.45) is 0.858. The highest BCUT2D eigenvalue weighted by Crippen LogP contribution is 2.27. The van der Waals surface area contributed by atoms with E-state index in [-0.39, 0.29) is 5.91 Å². The zero-order chi connectivity index (χ0) is 20.7. The van der Waals surface area contributed by atoms with Gasteiger partial charge >= 0.3 is 0 Å². The number of anilines is 1. The van der Waals surface area contributed by atoms with E-state index in [0.29, 0.717) is 24.7 Å². The van der Waals surface area contributed by atoms with Crippen LogP contribution in [-0.4, -0.2) is 56.6 Å². The molecule has 3 heterocycles. The van der Waals surface area contributed by atoms with Crippen molar-refractivity contribution >= 4 is 40.0 Å². The lowest BCUT2D eigenvalue weighted by molar-refractivity contribution is 0.0767. The van der Waals surface area contributed by atoms with Crippen LogP contribution in [0.1, 0.15) is 22.6 Å². The number of carbonyl (C=O) groups excluding carboxylic acids is 1. The highest BCUT2D eigenvalue weighted by Gasteiger charge is 2.24. The maximum atomic E-state index is 12.9. The molecular weight excluding hydrogens is 400 g/mol. The highest BCUT2D eigenvalue weighted by atomic mass is 35.5. The number of nitrogens with zero attached hydrogens (tertiary/aromatic N) is 6. The van der Waals surface area contributed by atoms with Gasteiger partial charge in [-0.2, -0.15) is 0 Å². The molecule has 0 saturated carbocycles. The maximum Gasteiger partial charge on any atom is 0.253 e. The second-order valence-corrected chi connectivity index (χ2v) is 7.91. The fourth-order valence-electron chi connectivity index (χ4n) is 4.02. The summed E-state index contributed by atoms with van der Waals surface area (Å²) in [6, 6.07) is 15.1. The van der Waals surface area contributed by atoms with Crippen molar-refractivity contribution in [2.45, 2.75) is 13.3 Å². The van der Waals surface area contributed by atoms with E-state index < -0.39 is 0 Å². The number of amides is 1. The molecule has 8 heteroatoms. The normalized spacial score (nSPS) is 15.0. The minimum atomic E-state index is 0.0707. The van der Waals surface area contributed by atoms with Gasteiger partial charge in [0, 0.05) is 42.2 Å². The van der Waals surface area contributed by atoms with Crippen LogP contribution in [0.2, 0.25) is 5.02 Å². The zero-order valence-electron chi connectivity index (χ0n) is 16.6. The highest BCUT2D eigenvalue weighted by molar-refractivity contribution is 6.31. The maximum absolute atomic E-state index is 12.9. The summed E-state index contributed by atoms with van der Waals surface area (Å²) in [6.45, 7) is 4.75. The molecule has 0 unspecified atom stereocenters. The first kappa shape index (κ1) is 18.8. The molecule has 152 valence electrons. The molecule has 2 aromatic heterocycles. The molecule has 7 nitrogen and oxygen atoms in total. The van der Waals surface area contributed by atoms with Crippen molar-refractivity contribution in [2.75, 3.05) is 31.1 Å². The SMILES string of the molecule is Cc1nnc2c3ccc(Cl)cc3nc(N3CCCN(C(=O)c4ccccc4)CC3)n12. The second kappa shape index (κ2) is 7.57. The van der Waals surface area contributed by atoms with Gasteiger partial charge < -0.3 is 9.80 Å². The average molecular weight is 421 g/mol. The van der Waals surface area contributed by atoms with E-state index in [9.17, 15) is 4.79 Å². The summed E-state index contributed by atoms with van der Waals surface area (Å²) in [4.78, 5) is 21.9. The van der Waals surface area contributed by atoms with E-state index in [1.54, 1.807) is 0 Å². The Morgan fingerprint density at radius 3 is 2.67 bits per heavy atom. The Morgan fingerprint density at radius 1 is 1.00 bits per heavy atom. The van der Waals surface area contributed by atoms with Gasteiger partial charge in [-0.15, -0.1) is 10.2 Å². The van der Waals surface area contributed by atoms with E-state index in [1.165, 1.54) is 0 Å². The van der Waals surface area contributed by atoms with Crippen LogP contribution in [0.5, 0.6) is 0 Å². The van der Waals surface area contributed by atoms with Crippen molar-refractivity contribution in [1.29, 1.82) is 0 Å². The monoisotopic (exact) mass is 420 g/mol. The van der Waals surface area contributed by atoms with Gasteiger partial charge in [-0.1, -0.05) is 29.8 Å². The van der Waals surface area contributed by atoms with Gasteiger partial charge in [0.05, 0.1) is 5.52 Å². The van der Waals surface area contributed by atoms with Gasteiger partial charge in [0.15, 0.2) is 5.65 Å². The minimum absolute atomic E-state index is 0.0707. The van der Waals surface area contributed by atoms with Crippen LogP contribution < -0.4 is 4.90 Å².